The molecule has 0 atom stereocenters. The maximum Gasteiger partial charge on any atom is 0.227 e. The van der Waals surface area contributed by atoms with Gasteiger partial charge in [0, 0.05) is 17.7 Å². The van der Waals surface area contributed by atoms with Crippen molar-refractivity contribution in [2.45, 2.75) is 12.8 Å². The Bertz CT molecular complexity index is 669. The summed E-state index contributed by atoms with van der Waals surface area (Å²) in [5, 5.41) is 5.63. The van der Waals surface area contributed by atoms with Crippen molar-refractivity contribution in [3.05, 3.63) is 48.2 Å². The first kappa shape index (κ1) is 13.5. The van der Waals surface area contributed by atoms with E-state index in [0.29, 0.717) is 17.2 Å². The summed E-state index contributed by atoms with van der Waals surface area (Å²) in [4.78, 5) is 15.7. The molecule has 21 heavy (non-hydrogen) atoms. The minimum atomic E-state index is -0.923. The molecule has 0 spiro atoms. The van der Waals surface area contributed by atoms with Gasteiger partial charge >= 0.3 is 0 Å². The van der Waals surface area contributed by atoms with Crippen LogP contribution in [0.25, 0.3) is 0 Å². The van der Waals surface area contributed by atoms with E-state index in [1.807, 2.05) is 0 Å². The van der Waals surface area contributed by atoms with E-state index in [-0.39, 0.29) is 11.8 Å². The van der Waals surface area contributed by atoms with E-state index >= 15 is 0 Å². The Morgan fingerprint density at radius 3 is 2.48 bits per heavy atom. The molecule has 6 heteroatoms. The molecular weight excluding hydrogens is 276 g/mol. The van der Waals surface area contributed by atoms with E-state index in [1.165, 1.54) is 12.3 Å². The van der Waals surface area contributed by atoms with Crippen LogP contribution >= 0.6 is 0 Å². The average Bonchev–Trinajstić information content (AvgIpc) is 3.30. The van der Waals surface area contributed by atoms with Gasteiger partial charge in [-0.15, -0.1) is 0 Å². The van der Waals surface area contributed by atoms with Crippen LogP contribution in [0.3, 0.4) is 0 Å². The topological polar surface area (TPSA) is 54.0 Å². The summed E-state index contributed by atoms with van der Waals surface area (Å²) in [5.41, 5.74) is 1.01. The van der Waals surface area contributed by atoms with Crippen LogP contribution < -0.4 is 10.6 Å². The number of halogens is 2. The summed E-state index contributed by atoms with van der Waals surface area (Å²) in [5.74, 6) is -1.20. The summed E-state index contributed by atoms with van der Waals surface area (Å²) >= 11 is 0. The fourth-order valence-electron chi connectivity index (χ4n) is 1.85. The van der Waals surface area contributed by atoms with Crippen molar-refractivity contribution in [2.24, 2.45) is 5.92 Å². The first-order chi connectivity index (χ1) is 10.1. The molecule has 0 aliphatic heterocycles. The SMILES string of the molecule is O=C(Nc1ccc(Nc2ccc(F)c(F)c2)nc1)C1CC1. The van der Waals surface area contributed by atoms with Gasteiger partial charge in [0.2, 0.25) is 5.91 Å². The number of carbonyl (C=O) groups excluding carboxylic acids is 1. The molecule has 108 valence electrons. The molecule has 0 saturated heterocycles. The number of hydrogen-bond acceptors (Lipinski definition) is 3. The predicted octanol–water partition coefficient (Wildman–Crippen LogP) is 3.45. The smallest absolute Gasteiger partial charge is 0.227 e. The van der Waals surface area contributed by atoms with Crippen molar-refractivity contribution >= 4 is 23.1 Å². The third kappa shape index (κ3) is 3.34. The number of rotatable bonds is 4. The minimum absolute atomic E-state index is 0.0121. The highest BCUT2D eigenvalue weighted by atomic mass is 19.2. The molecule has 1 heterocycles. The fourth-order valence-corrected chi connectivity index (χ4v) is 1.85. The first-order valence-electron chi connectivity index (χ1n) is 6.61. The quantitative estimate of drug-likeness (QED) is 0.906. The summed E-state index contributed by atoms with van der Waals surface area (Å²) in [6.07, 6.45) is 3.40. The van der Waals surface area contributed by atoms with E-state index in [9.17, 15) is 13.6 Å². The van der Waals surface area contributed by atoms with Crippen molar-refractivity contribution in [3.8, 4) is 0 Å². The van der Waals surface area contributed by atoms with Gasteiger partial charge in [0.05, 0.1) is 11.9 Å². The number of aromatic nitrogens is 1. The van der Waals surface area contributed by atoms with Crippen LogP contribution in [-0.4, -0.2) is 10.9 Å². The Balaban J connectivity index is 1.65. The summed E-state index contributed by atoms with van der Waals surface area (Å²) < 4.78 is 25.9. The first-order valence-corrected chi connectivity index (χ1v) is 6.61. The van der Waals surface area contributed by atoms with Gasteiger partial charge < -0.3 is 10.6 Å². The number of nitrogens with zero attached hydrogens (tertiary/aromatic N) is 1. The standard InChI is InChI=1S/C15H13F2N3O/c16-12-5-3-10(7-13(12)17)19-14-6-4-11(8-18-14)20-15(21)9-1-2-9/h3-9H,1-2H2,(H,18,19)(H,20,21). The second kappa shape index (κ2) is 5.47. The van der Waals surface area contributed by atoms with Gasteiger partial charge in [-0.25, -0.2) is 13.8 Å². The molecule has 1 fully saturated rings. The van der Waals surface area contributed by atoms with E-state index in [0.717, 1.165) is 25.0 Å². The van der Waals surface area contributed by atoms with Crippen molar-refractivity contribution in [3.63, 3.8) is 0 Å². The van der Waals surface area contributed by atoms with Gasteiger partial charge in [0.15, 0.2) is 11.6 Å². The van der Waals surface area contributed by atoms with Crippen molar-refractivity contribution in [1.29, 1.82) is 0 Å². The van der Waals surface area contributed by atoms with Crippen LogP contribution in [0.5, 0.6) is 0 Å². The number of benzene rings is 1. The molecule has 1 aromatic carbocycles. The van der Waals surface area contributed by atoms with Crippen LogP contribution in [0.4, 0.5) is 26.0 Å². The van der Waals surface area contributed by atoms with Crippen LogP contribution in [0, 0.1) is 17.6 Å². The second-order valence-electron chi connectivity index (χ2n) is 4.95. The van der Waals surface area contributed by atoms with Crippen LogP contribution in [0.1, 0.15) is 12.8 Å². The summed E-state index contributed by atoms with van der Waals surface area (Å²) in [6, 6.07) is 6.88. The Hall–Kier alpha value is -2.50. The third-order valence-electron chi connectivity index (χ3n) is 3.17. The lowest BCUT2D eigenvalue weighted by molar-refractivity contribution is -0.117. The highest BCUT2D eigenvalue weighted by molar-refractivity contribution is 5.93. The molecular formula is C15H13F2N3O. The fraction of sp³-hybridized carbons (Fsp3) is 0.200. The third-order valence-corrected chi connectivity index (χ3v) is 3.17. The lowest BCUT2D eigenvalue weighted by Gasteiger charge is -2.08. The number of carbonyl (C=O) groups is 1. The van der Waals surface area contributed by atoms with Gasteiger partial charge in [-0.05, 0) is 37.1 Å². The Morgan fingerprint density at radius 2 is 1.86 bits per heavy atom. The van der Waals surface area contributed by atoms with Crippen LogP contribution in [0.2, 0.25) is 0 Å². The summed E-state index contributed by atoms with van der Waals surface area (Å²) in [7, 11) is 0. The molecule has 1 saturated carbocycles. The molecule has 2 N–H and O–H groups in total. The zero-order valence-electron chi connectivity index (χ0n) is 11.1. The number of pyridine rings is 1. The molecule has 1 aliphatic rings. The zero-order valence-corrected chi connectivity index (χ0v) is 11.1. The molecule has 3 rings (SSSR count). The Kier molecular flexibility index (Phi) is 3.51. The van der Waals surface area contributed by atoms with E-state index in [1.54, 1.807) is 12.1 Å². The molecule has 1 amide bonds. The minimum Gasteiger partial charge on any atom is -0.340 e. The highest BCUT2D eigenvalue weighted by Crippen LogP contribution is 2.30. The van der Waals surface area contributed by atoms with Crippen molar-refractivity contribution in [1.82, 2.24) is 4.98 Å². The van der Waals surface area contributed by atoms with Gasteiger partial charge in [0.1, 0.15) is 5.82 Å². The van der Waals surface area contributed by atoms with Crippen molar-refractivity contribution < 1.29 is 13.6 Å². The maximum absolute atomic E-state index is 13.1. The Morgan fingerprint density at radius 1 is 1.10 bits per heavy atom. The maximum atomic E-state index is 13.1. The predicted molar refractivity (Wildman–Crippen MR) is 75.2 cm³/mol. The lowest BCUT2D eigenvalue weighted by atomic mass is 10.3. The van der Waals surface area contributed by atoms with E-state index in [4.69, 9.17) is 0 Å². The van der Waals surface area contributed by atoms with Gasteiger partial charge in [-0.1, -0.05) is 0 Å². The lowest BCUT2D eigenvalue weighted by Crippen LogP contribution is -2.13. The summed E-state index contributed by atoms with van der Waals surface area (Å²) in [6.45, 7) is 0. The van der Waals surface area contributed by atoms with E-state index in [2.05, 4.69) is 15.6 Å². The number of anilines is 3. The molecule has 0 bridgehead atoms. The molecule has 0 unspecified atom stereocenters. The largest absolute Gasteiger partial charge is 0.340 e. The molecule has 0 radical (unpaired) electrons. The van der Waals surface area contributed by atoms with Crippen molar-refractivity contribution in [2.75, 3.05) is 10.6 Å². The van der Waals surface area contributed by atoms with Gasteiger partial charge in [0.25, 0.3) is 0 Å². The van der Waals surface area contributed by atoms with Gasteiger partial charge in [-0.2, -0.15) is 0 Å². The van der Waals surface area contributed by atoms with Gasteiger partial charge in [-0.3, -0.25) is 4.79 Å². The second-order valence-corrected chi connectivity index (χ2v) is 4.95. The zero-order chi connectivity index (χ0) is 14.8. The number of nitrogens with one attached hydrogen (secondary N) is 2. The number of hydrogen-bond donors (Lipinski definition) is 2. The monoisotopic (exact) mass is 289 g/mol. The molecule has 1 aromatic heterocycles. The van der Waals surface area contributed by atoms with Crippen LogP contribution in [-0.2, 0) is 4.79 Å². The molecule has 1 aliphatic carbocycles. The Labute approximate surface area is 120 Å². The van der Waals surface area contributed by atoms with Crippen LogP contribution in [0.15, 0.2) is 36.5 Å². The normalized spacial score (nSPS) is 13.8. The average molecular weight is 289 g/mol. The highest BCUT2D eigenvalue weighted by Gasteiger charge is 2.29. The van der Waals surface area contributed by atoms with E-state index < -0.39 is 11.6 Å². The molecule has 2 aromatic rings. The molecule has 4 nitrogen and oxygen atoms in total. The number of amides is 1.